The van der Waals surface area contributed by atoms with Crippen LogP contribution in [-0.4, -0.2) is 11.5 Å². The Morgan fingerprint density at radius 1 is 1.10 bits per heavy atom. The number of nitrogens with one attached hydrogen (secondary N) is 1. The van der Waals surface area contributed by atoms with E-state index in [1.54, 1.807) is 0 Å². The number of para-hydroxylation sites is 1. The van der Waals surface area contributed by atoms with Crippen LogP contribution in [-0.2, 0) is 6.54 Å². The van der Waals surface area contributed by atoms with Gasteiger partial charge in [0.05, 0.1) is 11.2 Å². The van der Waals surface area contributed by atoms with Gasteiger partial charge in [0, 0.05) is 11.9 Å². The topological polar surface area (TPSA) is 24.9 Å². The number of hydrogen-bond donors (Lipinski definition) is 1. The molecule has 1 heterocycles. The van der Waals surface area contributed by atoms with Crippen molar-refractivity contribution in [1.29, 1.82) is 0 Å². The van der Waals surface area contributed by atoms with Gasteiger partial charge in [-0.25, -0.2) is 0 Å². The molecule has 0 radical (unpaired) electrons. The van der Waals surface area contributed by atoms with E-state index in [0.717, 1.165) is 30.2 Å². The fraction of sp³-hybridized carbons (Fsp3) is 0.500. The van der Waals surface area contributed by atoms with Gasteiger partial charge in [0.25, 0.3) is 0 Å². The zero-order valence-electron chi connectivity index (χ0n) is 12.7. The van der Waals surface area contributed by atoms with E-state index in [9.17, 15) is 0 Å². The first-order valence-electron chi connectivity index (χ1n) is 7.88. The van der Waals surface area contributed by atoms with E-state index in [1.807, 2.05) is 6.07 Å². The van der Waals surface area contributed by atoms with E-state index in [0.29, 0.717) is 0 Å². The average molecular weight is 270 g/mol. The van der Waals surface area contributed by atoms with Crippen LogP contribution >= 0.6 is 0 Å². The number of hydrogen-bond acceptors (Lipinski definition) is 2. The summed E-state index contributed by atoms with van der Waals surface area (Å²) in [6.45, 7) is 6.52. The summed E-state index contributed by atoms with van der Waals surface area (Å²) in [6.07, 6.45) is 5.24. The first kappa shape index (κ1) is 15.0. The molecule has 20 heavy (non-hydrogen) atoms. The molecule has 2 rings (SSSR count). The highest BCUT2D eigenvalue weighted by Crippen LogP contribution is 2.13. The van der Waals surface area contributed by atoms with Crippen LogP contribution in [0.5, 0.6) is 0 Å². The largest absolute Gasteiger partial charge is 0.311 e. The maximum Gasteiger partial charge on any atom is 0.0705 e. The Balaban J connectivity index is 1.85. The summed E-state index contributed by atoms with van der Waals surface area (Å²) in [5, 5.41) is 4.78. The summed E-state index contributed by atoms with van der Waals surface area (Å²) < 4.78 is 0. The van der Waals surface area contributed by atoms with Crippen molar-refractivity contribution in [1.82, 2.24) is 10.3 Å². The molecule has 1 N–H and O–H groups in total. The molecule has 0 aliphatic heterocycles. The minimum atomic E-state index is 0.801. The van der Waals surface area contributed by atoms with Crippen LogP contribution in [0.3, 0.4) is 0 Å². The van der Waals surface area contributed by atoms with E-state index in [4.69, 9.17) is 4.98 Å². The quantitative estimate of drug-likeness (QED) is 0.761. The molecular weight excluding hydrogens is 244 g/mol. The van der Waals surface area contributed by atoms with Gasteiger partial charge in [-0.1, -0.05) is 57.4 Å². The summed E-state index contributed by atoms with van der Waals surface area (Å²) in [6, 6.07) is 12.6. The van der Waals surface area contributed by atoms with Crippen molar-refractivity contribution in [3.8, 4) is 0 Å². The fourth-order valence-corrected chi connectivity index (χ4v) is 2.55. The van der Waals surface area contributed by atoms with Crippen LogP contribution in [0, 0.1) is 5.92 Å². The Morgan fingerprint density at radius 3 is 2.75 bits per heavy atom. The predicted octanol–water partition coefficient (Wildman–Crippen LogP) is 4.54. The molecule has 0 bridgehead atoms. The van der Waals surface area contributed by atoms with Crippen molar-refractivity contribution in [2.75, 3.05) is 6.54 Å². The van der Waals surface area contributed by atoms with E-state index in [1.165, 1.54) is 31.1 Å². The zero-order chi connectivity index (χ0) is 14.2. The van der Waals surface area contributed by atoms with Crippen molar-refractivity contribution in [3.05, 3.63) is 42.1 Å². The van der Waals surface area contributed by atoms with Crippen LogP contribution in [0.25, 0.3) is 10.9 Å². The third-order valence-electron chi connectivity index (χ3n) is 3.94. The number of nitrogens with zero attached hydrogens (tertiary/aromatic N) is 1. The molecule has 1 unspecified atom stereocenters. The number of rotatable bonds is 8. The lowest BCUT2D eigenvalue weighted by Crippen LogP contribution is -2.22. The Kier molecular flexibility index (Phi) is 6.00. The third kappa shape index (κ3) is 4.31. The molecule has 0 spiro atoms. The van der Waals surface area contributed by atoms with Crippen LogP contribution in [0.15, 0.2) is 36.4 Å². The average Bonchev–Trinajstić information content (AvgIpc) is 2.50. The van der Waals surface area contributed by atoms with E-state index in [-0.39, 0.29) is 0 Å². The molecular formula is C18H26N2. The summed E-state index contributed by atoms with van der Waals surface area (Å²) in [5.74, 6) is 0.801. The highest BCUT2D eigenvalue weighted by Gasteiger charge is 2.05. The predicted molar refractivity (Wildman–Crippen MR) is 86.8 cm³/mol. The summed E-state index contributed by atoms with van der Waals surface area (Å²) in [7, 11) is 0. The van der Waals surface area contributed by atoms with E-state index >= 15 is 0 Å². The van der Waals surface area contributed by atoms with Crippen molar-refractivity contribution in [2.45, 2.75) is 46.1 Å². The molecule has 2 nitrogen and oxygen atoms in total. The standard InChI is InChI=1S/C18H26N2/c1-3-5-8-15(4-2)13-19-14-17-12-11-16-9-6-7-10-18(16)20-17/h6-7,9-12,15,19H,3-5,8,13-14H2,1-2H3. The second-order valence-corrected chi connectivity index (χ2v) is 5.54. The SMILES string of the molecule is CCCCC(CC)CNCc1ccc2ccccc2n1. The van der Waals surface area contributed by atoms with Gasteiger partial charge in [0.1, 0.15) is 0 Å². The molecule has 0 fully saturated rings. The minimum Gasteiger partial charge on any atom is -0.311 e. The van der Waals surface area contributed by atoms with Gasteiger partial charge in [-0.2, -0.15) is 0 Å². The van der Waals surface area contributed by atoms with Crippen molar-refractivity contribution >= 4 is 10.9 Å². The van der Waals surface area contributed by atoms with Crippen molar-refractivity contribution in [3.63, 3.8) is 0 Å². The van der Waals surface area contributed by atoms with Crippen LogP contribution in [0.4, 0.5) is 0 Å². The summed E-state index contributed by atoms with van der Waals surface area (Å²) in [5.41, 5.74) is 2.22. The molecule has 1 aromatic heterocycles. The number of benzene rings is 1. The lowest BCUT2D eigenvalue weighted by molar-refractivity contribution is 0.418. The lowest BCUT2D eigenvalue weighted by atomic mass is 9.99. The Labute approximate surface area is 122 Å². The van der Waals surface area contributed by atoms with Gasteiger partial charge >= 0.3 is 0 Å². The first-order chi connectivity index (χ1) is 9.83. The smallest absolute Gasteiger partial charge is 0.0705 e. The van der Waals surface area contributed by atoms with Crippen LogP contribution < -0.4 is 5.32 Å². The second-order valence-electron chi connectivity index (χ2n) is 5.54. The molecule has 1 aromatic carbocycles. The van der Waals surface area contributed by atoms with Crippen molar-refractivity contribution < 1.29 is 0 Å². The molecule has 108 valence electrons. The first-order valence-corrected chi connectivity index (χ1v) is 7.88. The summed E-state index contributed by atoms with van der Waals surface area (Å²) >= 11 is 0. The van der Waals surface area contributed by atoms with Gasteiger partial charge in [-0.05, 0) is 31.0 Å². The maximum atomic E-state index is 4.70. The molecule has 0 aliphatic rings. The normalized spacial score (nSPS) is 12.7. The number of unbranched alkanes of at least 4 members (excludes halogenated alkanes) is 1. The van der Waals surface area contributed by atoms with E-state index < -0.39 is 0 Å². The maximum absolute atomic E-state index is 4.70. The van der Waals surface area contributed by atoms with Crippen LogP contribution in [0.2, 0.25) is 0 Å². The lowest BCUT2D eigenvalue weighted by Gasteiger charge is -2.15. The fourth-order valence-electron chi connectivity index (χ4n) is 2.55. The number of fused-ring (bicyclic) bond motifs is 1. The molecule has 2 heteroatoms. The highest BCUT2D eigenvalue weighted by atomic mass is 14.9. The molecule has 0 saturated heterocycles. The molecule has 1 atom stereocenters. The minimum absolute atomic E-state index is 0.801. The van der Waals surface area contributed by atoms with Gasteiger partial charge in [-0.3, -0.25) is 4.98 Å². The molecule has 0 aliphatic carbocycles. The highest BCUT2D eigenvalue weighted by molar-refractivity contribution is 5.78. The monoisotopic (exact) mass is 270 g/mol. The Hall–Kier alpha value is -1.41. The van der Waals surface area contributed by atoms with Gasteiger partial charge in [0.2, 0.25) is 0 Å². The number of aromatic nitrogens is 1. The Morgan fingerprint density at radius 2 is 1.95 bits per heavy atom. The zero-order valence-corrected chi connectivity index (χ0v) is 12.7. The third-order valence-corrected chi connectivity index (χ3v) is 3.94. The Bertz CT molecular complexity index is 522. The molecule has 0 saturated carbocycles. The van der Waals surface area contributed by atoms with Crippen molar-refractivity contribution in [2.24, 2.45) is 5.92 Å². The molecule has 0 amide bonds. The van der Waals surface area contributed by atoms with Gasteiger partial charge in [-0.15, -0.1) is 0 Å². The molecule has 2 aromatic rings. The number of pyridine rings is 1. The summed E-state index contributed by atoms with van der Waals surface area (Å²) in [4.78, 5) is 4.70. The van der Waals surface area contributed by atoms with Gasteiger partial charge < -0.3 is 5.32 Å². The second kappa shape index (κ2) is 8.01. The van der Waals surface area contributed by atoms with Crippen LogP contribution in [0.1, 0.15) is 45.2 Å². The van der Waals surface area contributed by atoms with E-state index in [2.05, 4.69) is 49.5 Å². The van der Waals surface area contributed by atoms with Gasteiger partial charge in [0.15, 0.2) is 0 Å².